The molecule has 2 unspecified atom stereocenters. The molecule has 8 heteroatoms. The number of dihydropyridines is 1. The highest BCUT2D eigenvalue weighted by Gasteiger charge is 2.34. The van der Waals surface area contributed by atoms with E-state index in [1.807, 2.05) is 54.6 Å². The third-order valence-corrected chi connectivity index (χ3v) is 7.99. The number of aliphatic hydroxyl groups excluding tert-OH is 1. The number of fused-ring (bicyclic) bond motifs is 1. The average molecular weight is 567 g/mol. The number of Topliss-reactive ketones (excluding diaryl/α,β-unsaturated/α-hetero) is 1. The molecule has 0 spiro atoms. The van der Waals surface area contributed by atoms with Crippen LogP contribution in [0.5, 0.6) is 11.5 Å². The van der Waals surface area contributed by atoms with Crippen LogP contribution in [-0.2, 0) is 6.54 Å². The number of aliphatic hydroxyl groups is 1. The first kappa shape index (κ1) is 27.1. The number of aliphatic imine (C=N–C) groups is 2. The van der Waals surface area contributed by atoms with Crippen LogP contribution in [0.1, 0.15) is 22.3 Å². The van der Waals surface area contributed by atoms with Crippen molar-refractivity contribution in [3.8, 4) is 11.5 Å². The minimum atomic E-state index is -0.249. The number of carbonyl (C=O) groups excluding carboxylic acids is 1. The third kappa shape index (κ3) is 6.03. The topological polar surface area (TPSA) is 86.5 Å². The molecule has 3 aliphatic rings. The Labute approximate surface area is 244 Å². The standard InChI is InChI=1S/C33H31ClN4O3/c34-29-16-26(41-25-9-5-2-6-10-25)11-12-27(29)33(40)32-31(28-13-14-35-30(28)18-37-32)36-17-23-15-24(21-39)38(20-23)19-22-7-3-1-4-8-22/h1-14,16,23-24,36,39H,15,17-21H2. The summed E-state index contributed by atoms with van der Waals surface area (Å²) in [6.07, 6.45) is 4.53. The number of ether oxygens (including phenoxy) is 1. The summed E-state index contributed by atoms with van der Waals surface area (Å²) in [6, 6.07) is 24.9. The normalized spacial score (nSPS) is 20.0. The molecule has 0 saturated carbocycles. The Balaban J connectivity index is 1.17. The van der Waals surface area contributed by atoms with Gasteiger partial charge >= 0.3 is 0 Å². The van der Waals surface area contributed by atoms with Gasteiger partial charge in [-0.25, -0.2) is 0 Å². The maximum atomic E-state index is 13.8. The number of carbonyl (C=O) groups is 1. The highest BCUT2D eigenvalue weighted by Crippen LogP contribution is 2.30. The molecular weight excluding hydrogens is 536 g/mol. The van der Waals surface area contributed by atoms with Gasteiger partial charge in [0.25, 0.3) is 0 Å². The third-order valence-electron chi connectivity index (χ3n) is 7.68. The number of rotatable bonds is 10. The number of nitrogens with zero attached hydrogens (tertiary/aromatic N) is 3. The molecule has 0 aromatic heterocycles. The summed E-state index contributed by atoms with van der Waals surface area (Å²) in [6.45, 7) is 2.74. The van der Waals surface area contributed by atoms with Crippen LogP contribution in [0.15, 0.2) is 112 Å². The Kier molecular flexibility index (Phi) is 8.09. The zero-order valence-electron chi connectivity index (χ0n) is 22.5. The van der Waals surface area contributed by atoms with Gasteiger partial charge in [0.2, 0.25) is 5.78 Å². The highest BCUT2D eigenvalue weighted by molar-refractivity contribution is 6.55. The summed E-state index contributed by atoms with van der Waals surface area (Å²) < 4.78 is 5.88. The second-order valence-electron chi connectivity index (χ2n) is 10.5. The van der Waals surface area contributed by atoms with Crippen LogP contribution in [0.3, 0.4) is 0 Å². The Hall–Kier alpha value is -4.04. The lowest BCUT2D eigenvalue weighted by Gasteiger charge is -2.23. The van der Waals surface area contributed by atoms with E-state index in [4.69, 9.17) is 16.3 Å². The van der Waals surface area contributed by atoms with Crippen molar-refractivity contribution in [1.29, 1.82) is 0 Å². The molecule has 2 N–H and O–H groups in total. The molecule has 1 saturated heterocycles. The van der Waals surface area contributed by atoms with Crippen molar-refractivity contribution < 1.29 is 14.6 Å². The molecule has 1 fully saturated rings. The van der Waals surface area contributed by atoms with E-state index in [2.05, 4.69) is 32.3 Å². The average Bonchev–Trinajstić information content (AvgIpc) is 3.63. The van der Waals surface area contributed by atoms with Gasteiger partial charge in [-0.1, -0.05) is 60.1 Å². The first-order chi connectivity index (χ1) is 20.1. The van der Waals surface area contributed by atoms with E-state index in [1.54, 1.807) is 24.4 Å². The van der Waals surface area contributed by atoms with Crippen molar-refractivity contribution in [2.24, 2.45) is 15.9 Å². The lowest BCUT2D eigenvalue weighted by molar-refractivity contribution is 0.106. The molecule has 0 bridgehead atoms. The van der Waals surface area contributed by atoms with Crippen LogP contribution in [0.4, 0.5) is 0 Å². The molecule has 41 heavy (non-hydrogen) atoms. The van der Waals surface area contributed by atoms with E-state index >= 15 is 0 Å². The van der Waals surface area contributed by atoms with Crippen molar-refractivity contribution >= 4 is 28.8 Å². The van der Waals surface area contributed by atoms with Gasteiger partial charge in [-0.05, 0) is 48.2 Å². The predicted octanol–water partition coefficient (Wildman–Crippen LogP) is 5.46. The fourth-order valence-electron chi connectivity index (χ4n) is 5.63. The second-order valence-corrected chi connectivity index (χ2v) is 10.9. The second kappa shape index (κ2) is 12.2. The molecule has 3 aromatic carbocycles. The Morgan fingerprint density at radius 2 is 1.83 bits per heavy atom. The number of benzene rings is 3. The van der Waals surface area contributed by atoms with Gasteiger partial charge in [0.1, 0.15) is 17.2 Å². The molecule has 6 rings (SSSR count). The number of halogens is 1. The Bertz CT molecular complexity index is 1550. The Morgan fingerprint density at radius 3 is 2.59 bits per heavy atom. The van der Waals surface area contributed by atoms with Gasteiger partial charge in [0, 0.05) is 49.1 Å². The molecule has 0 aliphatic carbocycles. The maximum absolute atomic E-state index is 13.8. The van der Waals surface area contributed by atoms with E-state index in [-0.39, 0.29) is 18.4 Å². The van der Waals surface area contributed by atoms with Gasteiger partial charge in [0.15, 0.2) is 0 Å². The summed E-state index contributed by atoms with van der Waals surface area (Å²) in [4.78, 5) is 25.2. The fraction of sp³-hybridized carbons (Fsp3) is 0.242. The first-order valence-electron chi connectivity index (χ1n) is 13.8. The number of allylic oxidation sites excluding steroid dienone is 2. The minimum absolute atomic E-state index is 0.0970. The van der Waals surface area contributed by atoms with Crippen LogP contribution in [0.25, 0.3) is 0 Å². The van der Waals surface area contributed by atoms with E-state index in [0.29, 0.717) is 52.5 Å². The van der Waals surface area contributed by atoms with Gasteiger partial charge in [-0.15, -0.1) is 0 Å². The van der Waals surface area contributed by atoms with Crippen molar-refractivity contribution in [1.82, 2.24) is 10.2 Å². The summed E-state index contributed by atoms with van der Waals surface area (Å²) in [7, 11) is 0. The number of hydrogen-bond donors (Lipinski definition) is 2. The molecule has 208 valence electrons. The highest BCUT2D eigenvalue weighted by atomic mass is 35.5. The molecule has 0 amide bonds. The molecule has 3 heterocycles. The predicted molar refractivity (Wildman–Crippen MR) is 162 cm³/mol. The van der Waals surface area contributed by atoms with Gasteiger partial charge in [-0.2, -0.15) is 0 Å². The van der Waals surface area contributed by atoms with Crippen molar-refractivity contribution in [2.45, 2.75) is 19.0 Å². The Morgan fingerprint density at radius 1 is 1.05 bits per heavy atom. The molecule has 0 radical (unpaired) electrons. The molecule has 2 atom stereocenters. The van der Waals surface area contributed by atoms with E-state index in [1.165, 1.54) is 5.56 Å². The summed E-state index contributed by atoms with van der Waals surface area (Å²) in [5.41, 5.74) is 4.35. The van der Waals surface area contributed by atoms with Crippen molar-refractivity contribution in [2.75, 3.05) is 26.2 Å². The van der Waals surface area contributed by atoms with Crippen molar-refractivity contribution in [3.05, 3.63) is 119 Å². The first-order valence-corrected chi connectivity index (χ1v) is 14.2. The van der Waals surface area contributed by atoms with Crippen LogP contribution in [-0.4, -0.2) is 59.5 Å². The number of nitrogens with one attached hydrogen (secondary N) is 1. The minimum Gasteiger partial charge on any atom is -0.457 e. The van der Waals surface area contributed by atoms with E-state index < -0.39 is 0 Å². The summed E-state index contributed by atoms with van der Waals surface area (Å²) in [5, 5.41) is 13.9. The number of likely N-dealkylation sites (tertiary alicyclic amines) is 1. The van der Waals surface area contributed by atoms with Gasteiger partial charge in [0.05, 0.1) is 29.6 Å². The fourth-order valence-corrected chi connectivity index (χ4v) is 5.88. The van der Waals surface area contributed by atoms with Crippen LogP contribution < -0.4 is 10.1 Å². The maximum Gasteiger partial charge on any atom is 0.214 e. The largest absolute Gasteiger partial charge is 0.457 e. The number of ketones is 1. The number of hydrogen-bond acceptors (Lipinski definition) is 7. The van der Waals surface area contributed by atoms with E-state index in [0.717, 1.165) is 30.8 Å². The van der Waals surface area contributed by atoms with Crippen LogP contribution >= 0.6 is 11.6 Å². The lowest BCUT2D eigenvalue weighted by atomic mass is 9.96. The number of para-hydroxylation sites is 1. The smallest absolute Gasteiger partial charge is 0.214 e. The van der Waals surface area contributed by atoms with E-state index in [9.17, 15) is 9.90 Å². The molecule has 3 aromatic rings. The van der Waals surface area contributed by atoms with Gasteiger partial charge in [-0.3, -0.25) is 19.7 Å². The quantitative estimate of drug-likeness (QED) is 0.318. The summed E-state index contributed by atoms with van der Waals surface area (Å²) >= 11 is 6.60. The van der Waals surface area contributed by atoms with Gasteiger partial charge < -0.3 is 15.2 Å². The summed E-state index contributed by atoms with van der Waals surface area (Å²) in [5.74, 6) is 1.29. The monoisotopic (exact) mass is 566 g/mol. The lowest BCUT2D eigenvalue weighted by Crippen LogP contribution is -2.36. The zero-order chi connectivity index (χ0) is 28.2. The molecular formula is C33H31ClN4O3. The molecule has 3 aliphatic heterocycles. The van der Waals surface area contributed by atoms with Crippen LogP contribution in [0, 0.1) is 5.92 Å². The van der Waals surface area contributed by atoms with Crippen molar-refractivity contribution in [3.63, 3.8) is 0 Å². The zero-order valence-corrected chi connectivity index (χ0v) is 23.3. The SMILES string of the molecule is O=C(C1=NCC2=NC=CC2=C1NCC1CC(CO)N(Cc2ccccc2)C1)c1ccc(Oc2ccccc2)cc1Cl. The van der Waals surface area contributed by atoms with Crippen LogP contribution in [0.2, 0.25) is 5.02 Å². The molecule has 7 nitrogen and oxygen atoms in total.